The molecule has 6 rings (SSSR count). The molecule has 6 aliphatic rings. The second kappa shape index (κ2) is 1.52. The van der Waals surface area contributed by atoms with Crippen LogP contribution in [0.4, 0.5) is 0 Å². The number of aliphatic hydroxyl groups is 2. The summed E-state index contributed by atoms with van der Waals surface area (Å²) >= 11 is 3.49. The Kier molecular flexibility index (Phi) is 0.814. The van der Waals surface area contributed by atoms with Crippen LogP contribution in [-0.4, -0.2) is 31.4 Å². The first-order chi connectivity index (χ1) is 6.93. The summed E-state index contributed by atoms with van der Waals surface area (Å²) in [4.78, 5) is 11.3. The van der Waals surface area contributed by atoms with Gasteiger partial charge in [0.2, 0.25) is 0 Å². The van der Waals surface area contributed by atoms with Gasteiger partial charge in [-0.15, -0.1) is 0 Å². The highest BCUT2D eigenvalue weighted by Gasteiger charge is 3.09. The maximum Gasteiger partial charge on any atom is 0.310 e. The minimum Gasteiger partial charge on any atom is -0.481 e. The summed E-state index contributed by atoms with van der Waals surface area (Å²) in [6, 6.07) is 0. The van der Waals surface area contributed by atoms with E-state index in [0.29, 0.717) is 0 Å². The standard InChI is InChI=1S/C10H9BrO4/c11-9-4-1-5(9)3-6(10(9,14)15)2(4)8(1,3)7(12)13/h1-6,14-15H,(H,12,13)/t1?,2-,3-,4-,5-,6?,8?,9?/m0/s1. The number of hydrogen-bond acceptors (Lipinski definition) is 3. The summed E-state index contributed by atoms with van der Waals surface area (Å²) in [6.45, 7) is 0. The van der Waals surface area contributed by atoms with Crippen LogP contribution < -0.4 is 0 Å². The zero-order valence-electron chi connectivity index (χ0n) is 7.59. The summed E-state index contributed by atoms with van der Waals surface area (Å²) in [7, 11) is 0. The summed E-state index contributed by atoms with van der Waals surface area (Å²) in [5.74, 6) is -1.90. The van der Waals surface area contributed by atoms with Crippen LogP contribution in [0.1, 0.15) is 0 Å². The summed E-state index contributed by atoms with van der Waals surface area (Å²) < 4.78 is -0.568. The lowest BCUT2D eigenvalue weighted by atomic mass is 9.13. The Hall–Kier alpha value is -0.130. The predicted octanol–water partition coefficient (Wildman–Crippen LogP) is -0.363. The molecule has 4 atom stereocenters. The highest BCUT2D eigenvalue weighted by Crippen LogP contribution is 3.03. The maximum absolute atomic E-state index is 11.3. The highest BCUT2D eigenvalue weighted by molar-refractivity contribution is 9.10. The smallest absolute Gasteiger partial charge is 0.310 e. The van der Waals surface area contributed by atoms with Crippen LogP contribution in [-0.2, 0) is 4.79 Å². The second-order valence-corrected chi connectivity index (χ2v) is 7.20. The van der Waals surface area contributed by atoms with Crippen LogP contribution in [0.15, 0.2) is 0 Å². The van der Waals surface area contributed by atoms with Crippen LogP contribution in [0.3, 0.4) is 0 Å². The van der Waals surface area contributed by atoms with Crippen LogP contribution in [0.5, 0.6) is 0 Å². The van der Waals surface area contributed by atoms with Crippen molar-refractivity contribution in [2.75, 3.05) is 0 Å². The predicted molar refractivity (Wildman–Crippen MR) is 49.8 cm³/mol. The molecule has 0 aromatic rings. The van der Waals surface area contributed by atoms with E-state index in [1.54, 1.807) is 0 Å². The van der Waals surface area contributed by atoms with E-state index in [1.807, 2.05) is 0 Å². The van der Waals surface area contributed by atoms with Gasteiger partial charge in [-0.1, -0.05) is 15.9 Å². The lowest BCUT2D eigenvalue weighted by molar-refractivity contribution is -0.421. The SMILES string of the molecule is O=C(O)C12C3[C@H]4[C@H]1C1[C@@H]2[C@H]3C4(Br)C1(O)O. The van der Waals surface area contributed by atoms with E-state index >= 15 is 0 Å². The molecule has 0 aliphatic heterocycles. The van der Waals surface area contributed by atoms with E-state index in [9.17, 15) is 20.1 Å². The monoisotopic (exact) mass is 272 g/mol. The number of halogens is 1. The molecule has 4 nitrogen and oxygen atoms in total. The van der Waals surface area contributed by atoms with Gasteiger partial charge in [-0.05, 0) is 29.6 Å². The third-order valence-electron chi connectivity index (χ3n) is 6.35. The fourth-order valence-corrected chi connectivity index (χ4v) is 7.66. The fraction of sp³-hybridized carbons (Fsp3) is 0.900. The van der Waals surface area contributed by atoms with Crippen molar-refractivity contribution in [1.82, 2.24) is 0 Å². The van der Waals surface area contributed by atoms with E-state index in [-0.39, 0.29) is 35.5 Å². The van der Waals surface area contributed by atoms with E-state index in [1.165, 1.54) is 0 Å². The first-order valence-corrected chi connectivity index (χ1v) is 6.09. The van der Waals surface area contributed by atoms with Gasteiger partial charge >= 0.3 is 5.97 Å². The van der Waals surface area contributed by atoms with Gasteiger partial charge in [-0.3, -0.25) is 4.79 Å². The van der Waals surface area contributed by atoms with Gasteiger partial charge in [0.25, 0.3) is 0 Å². The summed E-state index contributed by atoms with van der Waals surface area (Å²) in [6.07, 6.45) is 0. The van der Waals surface area contributed by atoms with Gasteiger partial charge in [0, 0.05) is 5.92 Å². The topological polar surface area (TPSA) is 77.8 Å². The fourth-order valence-electron chi connectivity index (χ4n) is 6.26. The van der Waals surface area contributed by atoms with Crippen molar-refractivity contribution in [2.24, 2.45) is 40.9 Å². The van der Waals surface area contributed by atoms with Crippen molar-refractivity contribution in [2.45, 2.75) is 10.1 Å². The minimum absolute atomic E-state index is 0.0179. The molecule has 0 aromatic carbocycles. The third kappa shape index (κ3) is 0.349. The summed E-state index contributed by atoms with van der Waals surface area (Å²) in [5.41, 5.74) is -0.551. The molecular weight excluding hydrogens is 264 g/mol. The summed E-state index contributed by atoms with van der Waals surface area (Å²) in [5, 5.41) is 29.4. The molecule has 15 heavy (non-hydrogen) atoms. The normalized spacial score (nSPS) is 77.3. The van der Waals surface area contributed by atoms with E-state index < -0.39 is 21.5 Å². The van der Waals surface area contributed by atoms with Gasteiger partial charge in [-0.25, -0.2) is 0 Å². The largest absolute Gasteiger partial charge is 0.481 e. The number of carbonyl (C=O) groups is 1. The van der Waals surface area contributed by atoms with Crippen LogP contribution in [0.2, 0.25) is 0 Å². The van der Waals surface area contributed by atoms with Gasteiger partial charge in [0.05, 0.1) is 9.74 Å². The molecule has 0 spiro atoms. The molecule has 6 aliphatic carbocycles. The van der Waals surface area contributed by atoms with E-state index in [4.69, 9.17) is 0 Å². The lowest BCUT2D eigenvalue weighted by Gasteiger charge is -2.89. The number of rotatable bonds is 1. The van der Waals surface area contributed by atoms with E-state index in [0.717, 1.165) is 0 Å². The maximum atomic E-state index is 11.3. The molecule has 2 bridgehead atoms. The molecule has 0 saturated heterocycles. The van der Waals surface area contributed by atoms with Gasteiger partial charge in [0.1, 0.15) is 0 Å². The Labute approximate surface area is 93.4 Å². The Morgan fingerprint density at radius 1 is 1.00 bits per heavy atom. The van der Waals surface area contributed by atoms with Crippen molar-refractivity contribution in [1.29, 1.82) is 0 Å². The van der Waals surface area contributed by atoms with Crippen LogP contribution in [0.25, 0.3) is 0 Å². The molecular formula is C10H9BrO4. The molecule has 0 heterocycles. The van der Waals surface area contributed by atoms with Crippen molar-refractivity contribution >= 4 is 21.9 Å². The molecule has 0 unspecified atom stereocenters. The number of carboxylic acid groups (broad SMARTS) is 1. The van der Waals surface area contributed by atoms with Crippen LogP contribution >= 0.6 is 15.9 Å². The average Bonchev–Trinajstić information content (AvgIpc) is 2.25. The zero-order chi connectivity index (χ0) is 10.5. The molecule has 5 heteroatoms. The number of aliphatic carboxylic acids is 1. The quantitative estimate of drug-likeness (QED) is 0.450. The van der Waals surface area contributed by atoms with Crippen LogP contribution in [0, 0.1) is 40.9 Å². The Morgan fingerprint density at radius 2 is 1.47 bits per heavy atom. The Balaban J connectivity index is 1.76. The third-order valence-corrected chi connectivity index (χ3v) is 7.99. The average molecular weight is 273 g/mol. The number of alkyl halides is 1. The van der Waals surface area contributed by atoms with Crippen molar-refractivity contribution in [3.05, 3.63) is 0 Å². The number of hydrogen-bond donors (Lipinski definition) is 3. The molecule has 6 fully saturated rings. The molecule has 0 aromatic heterocycles. The second-order valence-electron chi connectivity index (χ2n) is 5.89. The first-order valence-electron chi connectivity index (χ1n) is 5.30. The Bertz CT molecular complexity index is 438. The van der Waals surface area contributed by atoms with Crippen molar-refractivity contribution in [3.63, 3.8) is 0 Å². The molecule has 80 valence electrons. The van der Waals surface area contributed by atoms with Crippen molar-refractivity contribution in [3.8, 4) is 0 Å². The first kappa shape index (κ1) is 8.03. The lowest BCUT2D eigenvalue weighted by Crippen LogP contribution is -2.94. The molecule has 0 radical (unpaired) electrons. The van der Waals surface area contributed by atoms with Gasteiger partial charge in [-0.2, -0.15) is 0 Å². The highest BCUT2D eigenvalue weighted by atomic mass is 79.9. The molecule has 0 amide bonds. The minimum atomic E-state index is -1.66. The van der Waals surface area contributed by atoms with Gasteiger partial charge < -0.3 is 15.3 Å². The van der Waals surface area contributed by atoms with E-state index in [2.05, 4.69) is 15.9 Å². The molecule has 3 N–H and O–H groups in total. The van der Waals surface area contributed by atoms with Crippen molar-refractivity contribution < 1.29 is 20.1 Å². The Morgan fingerprint density at radius 3 is 1.87 bits per heavy atom. The number of carboxylic acids is 1. The van der Waals surface area contributed by atoms with Gasteiger partial charge in [0.15, 0.2) is 5.79 Å². The molecule has 6 saturated carbocycles. The zero-order valence-corrected chi connectivity index (χ0v) is 9.18.